The second kappa shape index (κ2) is 3.67. The largest absolute Gasteiger partial charge is 0.384 e. The molecule has 0 atom stereocenters. The first-order valence-electron chi connectivity index (χ1n) is 5.75. The Kier molecular flexibility index (Phi) is 2.17. The summed E-state index contributed by atoms with van der Waals surface area (Å²) < 4.78 is 0. The zero-order chi connectivity index (χ0) is 11.0. The van der Waals surface area contributed by atoms with Crippen molar-refractivity contribution < 1.29 is 0 Å². The molecule has 0 unspecified atom stereocenters. The van der Waals surface area contributed by atoms with Crippen LogP contribution < -0.4 is 5.73 Å². The van der Waals surface area contributed by atoms with Crippen LogP contribution in [-0.2, 0) is 12.8 Å². The SMILES string of the molecule is Nc1[nH]ncc1-c1ccc2c(c1)CCCC2. The van der Waals surface area contributed by atoms with Gasteiger partial charge in [0.2, 0.25) is 0 Å². The molecular weight excluding hydrogens is 198 g/mol. The highest BCUT2D eigenvalue weighted by Gasteiger charge is 2.11. The van der Waals surface area contributed by atoms with Crippen LogP contribution in [0.4, 0.5) is 5.82 Å². The van der Waals surface area contributed by atoms with E-state index in [0.29, 0.717) is 5.82 Å². The van der Waals surface area contributed by atoms with Crippen molar-refractivity contribution in [3.63, 3.8) is 0 Å². The molecule has 1 aromatic heterocycles. The number of nitrogens with one attached hydrogen (secondary N) is 1. The molecule has 0 radical (unpaired) electrons. The summed E-state index contributed by atoms with van der Waals surface area (Å²) in [6.45, 7) is 0. The average Bonchev–Trinajstić information content (AvgIpc) is 2.75. The lowest BCUT2D eigenvalue weighted by molar-refractivity contribution is 0.686. The topological polar surface area (TPSA) is 54.7 Å². The lowest BCUT2D eigenvalue weighted by Crippen LogP contribution is -2.02. The molecule has 1 heterocycles. The maximum atomic E-state index is 5.83. The molecule has 1 aliphatic carbocycles. The molecule has 0 fully saturated rings. The second-order valence-electron chi connectivity index (χ2n) is 4.39. The summed E-state index contributed by atoms with van der Waals surface area (Å²) in [4.78, 5) is 0. The van der Waals surface area contributed by atoms with Gasteiger partial charge in [-0.25, -0.2) is 0 Å². The molecule has 1 aliphatic rings. The molecular formula is C13H15N3. The number of hydrogen-bond acceptors (Lipinski definition) is 2. The van der Waals surface area contributed by atoms with Gasteiger partial charge in [0.15, 0.2) is 0 Å². The maximum Gasteiger partial charge on any atom is 0.126 e. The zero-order valence-corrected chi connectivity index (χ0v) is 9.16. The minimum Gasteiger partial charge on any atom is -0.384 e. The Hall–Kier alpha value is -1.77. The van der Waals surface area contributed by atoms with Crippen LogP contribution in [0.3, 0.4) is 0 Å². The molecule has 0 bridgehead atoms. The Morgan fingerprint density at radius 1 is 1.12 bits per heavy atom. The number of aromatic nitrogens is 2. The third kappa shape index (κ3) is 1.48. The van der Waals surface area contributed by atoms with E-state index in [1.165, 1.54) is 42.4 Å². The molecule has 3 nitrogen and oxygen atoms in total. The molecule has 0 amide bonds. The number of aryl methyl sites for hydroxylation is 2. The van der Waals surface area contributed by atoms with Crippen LogP contribution in [0.25, 0.3) is 11.1 Å². The molecule has 2 aromatic rings. The minimum atomic E-state index is 0.649. The molecule has 16 heavy (non-hydrogen) atoms. The first-order chi connectivity index (χ1) is 7.84. The third-order valence-corrected chi connectivity index (χ3v) is 3.33. The highest BCUT2D eigenvalue weighted by atomic mass is 15.1. The molecule has 0 spiro atoms. The first kappa shape index (κ1) is 9.46. The summed E-state index contributed by atoms with van der Waals surface area (Å²) >= 11 is 0. The highest BCUT2D eigenvalue weighted by Crippen LogP contribution is 2.29. The summed E-state index contributed by atoms with van der Waals surface area (Å²) in [7, 11) is 0. The number of anilines is 1. The van der Waals surface area contributed by atoms with E-state index in [9.17, 15) is 0 Å². The quantitative estimate of drug-likeness (QED) is 0.764. The fourth-order valence-corrected chi connectivity index (χ4v) is 2.43. The average molecular weight is 213 g/mol. The Labute approximate surface area is 94.7 Å². The highest BCUT2D eigenvalue weighted by molar-refractivity contribution is 5.73. The number of nitrogen functional groups attached to an aromatic ring is 1. The predicted molar refractivity (Wildman–Crippen MR) is 65.1 cm³/mol. The molecule has 82 valence electrons. The summed E-state index contributed by atoms with van der Waals surface area (Å²) in [6, 6.07) is 6.64. The number of fused-ring (bicyclic) bond motifs is 1. The minimum absolute atomic E-state index is 0.649. The molecule has 3 N–H and O–H groups in total. The van der Waals surface area contributed by atoms with Crippen LogP contribution in [0, 0.1) is 0 Å². The van der Waals surface area contributed by atoms with Crippen LogP contribution in [-0.4, -0.2) is 10.2 Å². The van der Waals surface area contributed by atoms with Gasteiger partial charge in [-0.05, 0) is 42.4 Å². The summed E-state index contributed by atoms with van der Waals surface area (Å²) in [6.07, 6.45) is 6.83. The van der Waals surface area contributed by atoms with E-state index in [1.807, 2.05) is 0 Å². The van der Waals surface area contributed by atoms with E-state index in [2.05, 4.69) is 28.4 Å². The third-order valence-electron chi connectivity index (χ3n) is 3.33. The Morgan fingerprint density at radius 3 is 2.69 bits per heavy atom. The van der Waals surface area contributed by atoms with Crippen LogP contribution in [0.1, 0.15) is 24.0 Å². The summed E-state index contributed by atoms with van der Waals surface area (Å²) in [5, 5.41) is 6.74. The van der Waals surface area contributed by atoms with E-state index in [1.54, 1.807) is 6.20 Å². The van der Waals surface area contributed by atoms with Gasteiger partial charge in [0, 0.05) is 5.56 Å². The van der Waals surface area contributed by atoms with Gasteiger partial charge in [-0.2, -0.15) is 5.10 Å². The van der Waals surface area contributed by atoms with Crippen molar-refractivity contribution in [2.45, 2.75) is 25.7 Å². The smallest absolute Gasteiger partial charge is 0.126 e. The van der Waals surface area contributed by atoms with Crippen molar-refractivity contribution in [2.75, 3.05) is 5.73 Å². The van der Waals surface area contributed by atoms with Gasteiger partial charge >= 0.3 is 0 Å². The monoisotopic (exact) mass is 213 g/mol. The van der Waals surface area contributed by atoms with E-state index < -0.39 is 0 Å². The molecule has 3 rings (SSSR count). The second-order valence-corrected chi connectivity index (χ2v) is 4.39. The van der Waals surface area contributed by atoms with Crippen molar-refractivity contribution in [1.29, 1.82) is 0 Å². The number of rotatable bonds is 1. The van der Waals surface area contributed by atoms with Crippen molar-refractivity contribution in [3.8, 4) is 11.1 Å². The van der Waals surface area contributed by atoms with Gasteiger partial charge in [0.05, 0.1) is 6.20 Å². The van der Waals surface area contributed by atoms with E-state index >= 15 is 0 Å². The van der Waals surface area contributed by atoms with Gasteiger partial charge in [-0.3, -0.25) is 5.10 Å². The Bertz CT molecular complexity index is 514. The first-order valence-corrected chi connectivity index (χ1v) is 5.75. The number of nitrogens with zero attached hydrogens (tertiary/aromatic N) is 1. The number of nitrogens with two attached hydrogens (primary N) is 1. The van der Waals surface area contributed by atoms with Gasteiger partial charge < -0.3 is 5.73 Å². The van der Waals surface area contributed by atoms with E-state index in [-0.39, 0.29) is 0 Å². The van der Waals surface area contributed by atoms with E-state index in [4.69, 9.17) is 5.73 Å². The van der Waals surface area contributed by atoms with Crippen LogP contribution in [0.15, 0.2) is 24.4 Å². The lowest BCUT2D eigenvalue weighted by Gasteiger charge is -2.16. The van der Waals surface area contributed by atoms with Crippen LogP contribution in [0.2, 0.25) is 0 Å². The van der Waals surface area contributed by atoms with Gasteiger partial charge in [0.25, 0.3) is 0 Å². The van der Waals surface area contributed by atoms with Gasteiger partial charge in [0.1, 0.15) is 5.82 Å². The predicted octanol–water partition coefficient (Wildman–Crippen LogP) is 2.54. The molecule has 0 saturated heterocycles. The Morgan fingerprint density at radius 2 is 1.94 bits per heavy atom. The van der Waals surface area contributed by atoms with Crippen LogP contribution >= 0.6 is 0 Å². The van der Waals surface area contributed by atoms with Crippen molar-refractivity contribution in [3.05, 3.63) is 35.5 Å². The van der Waals surface area contributed by atoms with Crippen molar-refractivity contribution >= 4 is 5.82 Å². The number of benzene rings is 1. The normalized spacial score (nSPS) is 14.8. The molecule has 0 saturated carbocycles. The fraction of sp³-hybridized carbons (Fsp3) is 0.308. The van der Waals surface area contributed by atoms with Crippen molar-refractivity contribution in [1.82, 2.24) is 10.2 Å². The number of H-pyrrole nitrogens is 1. The standard InChI is InChI=1S/C13H15N3/c14-13-12(8-15-16-13)11-6-5-9-3-1-2-4-10(9)7-11/h5-8H,1-4H2,(H3,14,15,16). The van der Waals surface area contributed by atoms with Gasteiger partial charge in [-0.15, -0.1) is 0 Å². The van der Waals surface area contributed by atoms with Crippen LogP contribution in [0.5, 0.6) is 0 Å². The maximum absolute atomic E-state index is 5.83. The summed E-state index contributed by atoms with van der Waals surface area (Å²) in [5.41, 5.74) is 11.0. The molecule has 0 aliphatic heterocycles. The van der Waals surface area contributed by atoms with E-state index in [0.717, 1.165) is 5.56 Å². The number of aromatic amines is 1. The number of hydrogen-bond donors (Lipinski definition) is 2. The fourth-order valence-electron chi connectivity index (χ4n) is 2.43. The van der Waals surface area contributed by atoms with Gasteiger partial charge in [-0.1, -0.05) is 18.2 Å². The zero-order valence-electron chi connectivity index (χ0n) is 9.16. The summed E-state index contributed by atoms with van der Waals surface area (Å²) in [5.74, 6) is 0.649. The van der Waals surface area contributed by atoms with Crippen molar-refractivity contribution in [2.24, 2.45) is 0 Å². The molecule has 3 heteroatoms. The molecule has 1 aromatic carbocycles. The Balaban J connectivity index is 2.06. The lowest BCUT2D eigenvalue weighted by atomic mass is 9.89.